The fourth-order valence-electron chi connectivity index (χ4n) is 3.09. The Hall–Kier alpha value is -1.49. The van der Waals surface area contributed by atoms with Gasteiger partial charge in [0.15, 0.2) is 0 Å². The highest BCUT2D eigenvalue weighted by Gasteiger charge is 2.25. The average Bonchev–Trinajstić information content (AvgIpc) is 3.02. The van der Waals surface area contributed by atoms with Crippen LogP contribution in [0.2, 0.25) is 0 Å². The van der Waals surface area contributed by atoms with Gasteiger partial charge in [0.1, 0.15) is 0 Å². The molecular weight excluding hydrogens is 308 g/mol. The van der Waals surface area contributed by atoms with Gasteiger partial charge in [-0.2, -0.15) is 0 Å². The van der Waals surface area contributed by atoms with Crippen molar-refractivity contribution in [1.82, 2.24) is 4.90 Å². The number of hydrogen-bond acceptors (Lipinski definition) is 3. The number of anilines is 1. The van der Waals surface area contributed by atoms with E-state index >= 15 is 0 Å². The van der Waals surface area contributed by atoms with E-state index in [2.05, 4.69) is 5.32 Å². The van der Waals surface area contributed by atoms with Gasteiger partial charge >= 0.3 is 0 Å². The number of carbonyl (C=O) groups excluding carboxylic acids is 2. The number of rotatable bonds is 7. The summed E-state index contributed by atoms with van der Waals surface area (Å²) in [6, 6.07) is 8.13. The van der Waals surface area contributed by atoms with E-state index in [9.17, 15) is 9.59 Å². The smallest absolute Gasteiger partial charge is 0.234 e. The monoisotopic (exact) mass is 334 g/mol. The van der Waals surface area contributed by atoms with Crippen LogP contribution in [0.1, 0.15) is 38.2 Å². The van der Waals surface area contributed by atoms with E-state index in [1.165, 1.54) is 24.6 Å². The second-order valence-corrected chi connectivity index (χ2v) is 7.01. The van der Waals surface area contributed by atoms with Crippen molar-refractivity contribution in [2.24, 2.45) is 0 Å². The molecule has 5 heteroatoms. The number of nitrogens with one attached hydrogen (secondary N) is 1. The zero-order chi connectivity index (χ0) is 16.7. The van der Waals surface area contributed by atoms with Gasteiger partial charge < -0.3 is 10.2 Å². The highest BCUT2D eigenvalue weighted by atomic mass is 32.2. The summed E-state index contributed by atoms with van der Waals surface area (Å²) in [5, 5.41) is 2.87. The Morgan fingerprint density at radius 1 is 1.26 bits per heavy atom. The molecule has 0 radical (unpaired) electrons. The summed E-state index contributed by atoms with van der Waals surface area (Å²) in [7, 11) is 0. The van der Waals surface area contributed by atoms with Gasteiger partial charge in [-0.3, -0.25) is 9.59 Å². The number of thioether (sulfide) groups is 1. The van der Waals surface area contributed by atoms with Gasteiger partial charge in [-0.15, -0.1) is 11.8 Å². The van der Waals surface area contributed by atoms with E-state index in [1.807, 2.05) is 43.0 Å². The van der Waals surface area contributed by atoms with Crippen LogP contribution in [0.4, 0.5) is 5.69 Å². The van der Waals surface area contributed by atoms with Crippen molar-refractivity contribution in [3.63, 3.8) is 0 Å². The molecule has 1 aromatic carbocycles. The Labute approximate surface area is 143 Å². The number of aryl methyl sites for hydroxylation is 1. The van der Waals surface area contributed by atoms with Crippen LogP contribution < -0.4 is 5.32 Å². The molecule has 1 fully saturated rings. The lowest BCUT2D eigenvalue weighted by Gasteiger charge is -2.27. The summed E-state index contributed by atoms with van der Waals surface area (Å²) in [6.45, 7) is 4.79. The van der Waals surface area contributed by atoms with Crippen LogP contribution >= 0.6 is 11.8 Å². The van der Waals surface area contributed by atoms with Crippen LogP contribution in [0.25, 0.3) is 0 Å². The van der Waals surface area contributed by atoms with Gasteiger partial charge in [0.25, 0.3) is 0 Å². The number of amides is 2. The number of benzene rings is 1. The van der Waals surface area contributed by atoms with Crippen LogP contribution in [-0.2, 0) is 9.59 Å². The minimum absolute atomic E-state index is 0.0580. The van der Waals surface area contributed by atoms with Crippen molar-refractivity contribution >= 4 is 29.3 Å². The van der Waals surface area contributed by atoms with Gasteiger partial charge in [-0.1, -0.05) is 25.0 Å². The largest absolute Gasteiger partial charge is 0.339 e. The molecule has 0 bridgehead atoms. The lowest BCUT2D eigenvalue weighted by molar-refractivity contribution is -0.130. The molecule has 126 valence electrons. The van der Waals surface area contributed by atoms with E-state index in [0.29, 0.717) is 17.5 Å². The first-order chi connectivity index (χ1) is 11.1. The molecule has 0 aromatic heterocycles. The van der Waals surface area contributed by atoms with E-state index < -0.39 is 0 Å². The normalized spacial score (nSPS) is 14.7. The second kappa shape index (κ2) is 8.96. The highest BCUT2D eigenvalue weighted by Crippen LogP contribution is 2.24. The minimum Gasteiger partial charge on any atom is -0.339 e. The third-order valence-electron chi connectivity index (χ3n) is 4.19. The van der Waals surface area contributed by atoms with E-state index in [-0.39, 0.29) is 11.8 Å². The molecule has 0 spiro atoms. The van der Waals surface area contributed by atoms with Gasteiger partial charge in [0.2, 0.25) is 11.8 Å². The van der Waals surface area contributed by atoms with E-state index in [0.717, 1.165) is 30.6 Å². The predicted octanol–water partition coefficient (Wildman–Crippen LogP) is 3.46. The van der Waals surface area contributed by atoms with Crippen LogP contribution in [0, 0.1) is 6.92 Å². The Morgan fingerprint density at radius 3 is 2.65 bits per heavy atom. The Balaban J connectivity index is 1.72. The third-order valence-corrected chi connectivity index (χ3v) is 5.10. The Morgan fingerprint density at radius 2 is 2.00 bits per heavy atom. The lowest BCUT2D eigenvalue weighted by atomic mass is 10.2. The van der Waals surface area contributed by atoms with Crippen molar-refractivity contribution in [1.29, 1.82) is 0 Å². The van der Waals surface area contributed by atoms with Crippen molar-refractivity contribution < 1.29 is 9.59 Å². The number of carbonyl (C=O) groups is 2. The molecule has 0 atom stereocenters. The molecule has 4 nitrogen and oxygen atoms in total. The summed E-state index contributed by atoms with van der Waals surface area (Å²) in [5.41, 5.74) is 1.92. The van der Waals surface area contributed by atoms with Gasteiger partial charge in [-0.25, -0.2) is 0 Å². The molecule has 1 aromatic rings. The van der Waals surface area contributed by atoms with Crippen molar-refractivity contribution in [3.8, 4) is 0 Å². The molecule has 23 heavy (non-hydrogen) atoms. The van der Waals surface area contributed by atoms with Crippen LogP contribution in [0.3, 0.4) is 0 Å². The molecule has 1 aliphatic rings. The van der Waals surface area contributed by atoms with Crippen LogP contribution in [0.5, 0.6) is 0 Å². The molecule has 2 amide bonds. The predicted molar refractivity (Wildman–Crippen MR) is 96.8 cm³/mol. The van der Waals surface area contributed by atoms with Crippen molar-refractivity contribution in [3.05, 3.63) is 29.8 Å². The maximum absolute atomic E-state index is 12.3. The van der Waals surface area contributed by atoms with Crippen molar-refractivity contribution in [2.75, 3.05) is 23.4 Å². The summed E-state index contributed by atoms with van der Waals surface area (Å²) < 4.78 is 0. The molecule has 1 aliphatic carbocycles. The summed E-state index contributed by atoms with van der Waals surface area (Å²) in [5.74, 6) is 0.790. The second-order valence-electron chi connectivity index (χ2n) is 6.03. The summed E-state index contributed by atoms with van der Waals surface area (Å²) >= 11 is 1.39. The topological polar surface area (TPSA) is 49.4 Å². The molecule has 0 heterocycles. The van der Waals surface area contributed by atoms with Crippen molar-refractivity contribution in [2.45, 2.75) is 45.6 Å². The molecule has 1 saturated carbocycles. The zero-order valence-corrected chi connectivity index (χ0v) is 14.8. The third kappa shape index (κ3) is 5.57. The first-order valence-electron chi connectivity index (χ1n) is 8.34. The number of nitrogens with zero attached hydrogens (tertiary/aromatic N) is 1. The zero-order valence-electron chi connectivity index (χ0n) is 14.0. The standard InChI is InChI=1S/C18H26N2O2S/c1-3-20(16-9-4-5-10-16)18(22)13-23-12-17(21)19-15-8-6-7-14(2)11-15/h6-8,11,16H,3-5,9-10,12-13H2,1-2H3,(H,19,21). The molecule has 2 rings (SSSR count). The number of hydrogen-bond donors (Lipinski definition) is 1. The highest BCUT2D eigenvalue weighted by molar-refractivity contribution is 8.00. The fraction of sp³-hybridized carbons (Fsp3) is 0.556. The first-order valence-corrected chi connectivity index (χ1v) is 9.49. The van der Waals surface area contributed by atoms with Gasteiger partial charge in [0, 0.05) is 18.3 Å². The van der Waals surface area contributed by atoms with Gasteiger partial charge in [-0.05, 0) is 44.4 Å². The van der Waals surface area contributed by atoms with Gasteiger partial charge in [0.05, 0.1) is 11.5 Å². The SMILES string of the molecule is CCN(C(=O)CSCC(=O)Nc1cccc(C)c1)C1CCCC1. The fourth-order valence-corrected chi connectivity index (χ4v) is 3.79. The van der Waals surface area contributed by atoms with E-state index in [1.54, 1.807) is 0 Å². The molecular formula is C18H26N2O2S. The lowest BCUT2D eigenvalue weighted by Crippen LogP contribution is -2.39. The van der Waals surface area contributed by atoms with E-state index in [4.69, 9.17) is 0 Å². The minimum atomic E-state index is -0.0580. The molecule has 0 saturated heterocycles. The molecule has 0 unspecified atom stereocenters. The Bertz CT molecular complexity index is 542. The first kappa shape index (κ1) is 17.9. The maximum Gasteiger partial charge on any atom is 0.234 e. The average molecular weight is 334 g/mol. The van der Waals surface area contributed by atoms with Crippen LogP contribution in [-0.4, -0.2) is 40.8 Å². The molecule has 0 aliphatic heterocycles. The Kier molecular flexibility index (Phi) is 6.96. The summed E-state index contributed by atoms with van der Waals surface area (Å²) in [4.78, 5) is 26.2. The maximum atomic E-state index is 12.3. The van der Waals surface area contributed by atoms with Crippen LogP contribution in [0.15, 0.2) is 24.3 Å². The quantitative estimate of drug-likeness (QED) is 0.831. The summed E-state index contributed by atoms with van der Waals surface area (Å²) in [6.07, 6.45) is 4.69. The molecule has 1 N–H and O–H groups in total.